The lowest BCUT2D eigenvalue weighted by atomic mass is 10.3. The Kier molecular flexibility index (Phi) is 5.41. The maximum absolute atomic E-state index is 12.3. The van der Waals surface area contributed by atoms with E-state index < -0.39 is 5.97 Å². The van der Waals surface area contributed by atoms with Crippen LogP contribution in [0.4, 0.5) is 5.69 Å². The number of carboxylic acid groups (broad SMARTS) is 1. The Bertz CT molecular complexity index is 625. The average Bonchev–Trinajstić information content (AvgIpc) is 2.96. The van der Waals surface area contributed by atoms with Crippen molar-refractivity contribution in [2.45, 2.75) is 11.8 Å². The molecule has 0 aliphatic rings. The van der Waals surface area contributed by atoms with E-state index in [1.165, 1.54) is 23.1 Å². The van der Waals surface area contributed by atoms with Crippen LogP contribution in [0.1, 0.15) is 16.6 Å². The fourth-order valence-electron chi connectivity index (χ4n) is 1.84. The lowest BCUT2D eigenvalue weighted by Crippen LogP contribution is -2.32. The zero-order valence-electron chi connectivity index (χ0n) is 11.5. The van der Waals surface area contributed by atoms with Gasteiger partial charge in [0.1, 0.15) is 4.88 Å². The SMILES string of the molecule is CCN(C(=O)CSc1csc(C(=O)O)c1)c1ccccc1. The molecule has 2 rings (SSSR count). The molecule has 0 atom stereocenters. The van der Waals surface area contributed by atoms with E-state index in [1.54, 1.807) is 16.3 Å². The van der Waals surface area contributed by atoms with E-state index in [2.05, 4.69) is 0 Å². The van der Waals surface area contributed by atoms with Crippen molar-refractivity contribution in [2.75, 3.05) is 17.2 Å². The molecule has 1 N–H and O–H groups in total. The Morgan fingerprint density at radius 2 is 2.00 bits per heavy atom. The van der Waals surface area contributed by atoms with Gasteiger partial charge in [-0.1, -0.05) is 18.2 Å². The number of carbonyl (C=O) groups is 2. The van der Waals surface area contributed by atoms with Crippen LogP contribution in [0.25, 0.3) is 0 Å². The highest BCUT2D eigenvalue weighted by atomic mass is 32.2. The number of amides is 1. The van der Waals surface area contributed by atoms with Crippen molar-refractivity contribution in [3.63, 3.8) is 0 Å². The minimum Gasteiger partial charge on any atom is -0.477 e. The van der Waals surface area contributed by atoms with E-state index in [0.29, 0.717) is 17.2 Å². The maximum atomic E-state index is 12.3. The number of aromatic carboxylic acids is 1. The monoisotopic (exact) mass is 321 g/mol. The molecule has 1 heterocycles. The molecule has 4 nitrogen and oxygen atoms in total. The summed E-state index contributed by atoms with van der Waals surface area (Å²) in [6, 6.07) is 11.1. The number of benzene rings is 1. The molecular weight excluding hydrogens is 306 g/mol. The van der Waals surface area contributed by atoms with E-state index in [4.69, 9.17) is 5.11 Å². The summed E-state index contributed by atoms with van der Waals surface area (Å²) in [5.41, 5.74) is 0.877. The Morgan fingerprint density at radius 1 is 1.29 bits per heavy atom. The molecule has 1 amide bonds. The Morgan fingerprint density at radius 3 is 2.57 bits per heavy atom. The van der Waals surface area contributed by atoms with Gasteiger partial charge in [-0.3, -0.25) is 4.79 Å². The molecule has 110 valence electrons. The maximum Gasteiger partial charge on any atom is 0.345 e. The Hall–Kier alpha value is -1.79. The smallest absolute Gasteiger partial charge is 0.345 e. The molecule has 2 aromatic rings. The summed E-state index contributed by atoms with van der Waals surface area (Å²) < 4.78 is 0. The van der Waals surface area contributed by atoms with E-state index >= 15 is 0 Å². The second-order valence-corrected chi connectivity index (χ2v) is 6.17. The zero-order chi connectivity index (χ0) is 15.2. The molecule has 0 radical (unpaired) electrons. The molecule has 0 aliphatic heterocycles. The number of nitrogens with zero attached hydrogens (tertiary/aromatic N) is 1. The average molecular weight is 321 g/mol. The fourth-order valence-corrected chi connectivity index (χ4v) is 3.59. The number of hydrogen-bond acceptors (Lipinski definition) is 4. The van der Waals surface area contributed by atoms with Gasteiger partial charge in [0.25, 0.3) is 0 Å². The van der Waals surface area contributed by atoms with Crippen molar-refractivity contribution >= 4 is 40.7 Å². The highest BCUT2D eigenvalue weighted by Crippen LogP contribution is 2.25. The largest absolute Gasteiger partial charge is 0.477 e. The number of anilines is 1. The van der Waals surface area contributed by atoms with Gasteiger partial charge in [0.2, 0.25) is 5.91 Å². The van der Waals surface area contributed by atoms with Crippen LogP contribution in [0.2, 0.25) is 0 Å². The molecule has 0 saturated heterocycles. The first-order valence-corrected chi connectivity index (χ1v) is 8.28. The lowest BCUT2D eigenvalue weighted by molar-refractivity contribution is -0.116. The van der Waals surface area contributed by atoms with Crippen molar-refractivity contribution < 1.29 is 14.7 Å². The molecule has 0 aliphatic carbocycles. The van der Waals surface area contributed by atoms with Crippen LogP contribution in [0, 0.1) is 0 Å². The summed E-state index contributed by atoms with van der Waals surface area (Å²) in [4.78, 5) is 25.9. The van der Waals surface area contributed by atoms with E-state index in [-0.39, 0.29) is 5.91 Å². The van der Waals surface area contributed by atoms with Crippen molar-refractivity contribution in [3.05, 3.63) is 46.7 Å². The molecule has 0 spiro atoms. The third kappa shape index (κ3) is 4.09. The number of carbonyl (C=O) groups excluding carboxylic acids is 1. The molecule has 0 bridgehead atoms. The van der Waals surface area contributed by atoms with Crippen LogP contribution >= 0.6 is 23.1 Å². The Labute approximate surface area is 131 Å². The first-order valence-electron chi connectivity index (χ1n) is 6.42. The lowest BCUT2D eigenvalue weighted by Gasteiger charge is -2.20. The van der Waals surface area contributed by atoms with Crippen molar-refractivity contribution in [1.82, 2.24) is 0 Å². The van der Waals surface area contributed by atoms with Crippen LogP contribution in [0.15, 0.2) is 46.7 Å². The van der Waals surface area contributed by atoms with Crippen LogP contribution in [-0.2, 0) is 4.79 Å². The van der Waals surface area contributed by atoms with Crippen molar-refractivity contribution in [2.24, 2.45) is 0 Å². The molecule has 21 heavy (non-hydrogen) atoms. The number of para-hydroxylation sites is 1. The summed E-state index contributed by atoms with van der Waals surface area (Å²) in [6.45, 7) is 2.54. The van der Waals surface area contributed by atoms with Gasteiger partial charge < -0.3 is 10.0 Å². The van der Waals surface area contributed by atoms with Gasteiger partial charge in [-0.25, -0.2) is 4.79 Å². The summed E-state index contributed by atoms with van der Waals surface area (Å²) in [6.07, 6.45) is 0. The summed E-state index contributed by atoms with van der Waals surface area (Å²) in [5.74, 6) is -0.632. The van der Waals surface area contributed by atoms with Gasteiger partial charge in [0.05, 0.1) is 5.75 Å². The molecule has 1 aromatic carbocycles. The van der Waals surface area contributed by atoms with Crippen LogP contribution in [0.3, 0.4) is 0 Å². The van der Waals surface area contributed by atoms with Gasteiger partial charge in [0.15, 0.2) is 0 Å². The number of hydrogen-bond donors (Lipinski definition) is 1. The van der Waals surface area contributed by atoms with Crippen molar-refractivity contribution in [3.8, 4) is 0 Å². The predicted octanol–water partition coefficient (Wildman–Crippen LogP) is 3.59. The van der Waals surface area contributed by atoms with Crippen LogP contribution in [0.5, 0.6) is 0 Å². The molecular formula is C15H15NO3S2. The van der Waals surface area contributed by atoms with Gasteiger partial charge in [-0.15, -0.1) is 23.1 Å². The highest BCUT2D eigenvalue weighted by molar-refractivity contribution is 8.00. The van der Waals surface area contributed by atoms with Crippen molar-refractivity contribution in [1.29, 1.82) is 0 Å². The number of rotatable bonds is 6. The number of carboxylic acids is 1. The summed E-state index contributed by atoms with van der Waals surface area (Å²) in [5, 5.41) is 10.6. The predicted molar refractivity (Wildman–Crippen MR) is 86.5 cm³/mol. The van der Waals surface area contributed by atoms with E-state index in [9.17, 15) is 9.59 Å². The highest BCUT2D eigenvalue weighted by Gasteiger charge is 2.15. The summed E-state index contributed by atoms with van der Waals surface area (Å²) >= 11 is 2.54. The van der Waals surface area contributed by atoms with E-state index in [1.807, 2.05) is 37.3 Å². The quantitative estimate of drug-likeness (QED) is 0.826. The molecule has 0 saturated carbocycles. The van der Waals surface area contributed by atoms with Gasteiger partial charge in [-0.05, 0) is 25.1 Å². The molecule has 0 fully saturated rings. The second-order valence-electron chi connectivity index (χ2n) is 4.21. The Balaban J connectivity index is 1.98. The first-order chi connectivity index (χ1) is 10.1. The first kappa shape index (κ1) is 15.6. The molecule has 1 aromatic heterocycles. The normalized spacial score (nSPS) is 10.3. The fraction of sp³-hybridized carbons (Fsp3) is 0.200. The minimum absolute atomic E-state index is 0.0109. The van der Waals surface area contributed by atoms with Crippen LogP contribution < -0.4 is 4.90 Å². The third-order valence-corrected chi connectivity index (χ3v) is 4.86. The second kappa shape index (κ2) is 7.28. The summed E-state index contributed by atoms with van der Waals surface area (Å²) in [7, 11) is 0. The van der Waals surface area contributed by atoms with Gasteiger partial charge >= 0.3 is 5.97 Å². The van der Waals surface area contributed by atoms with Gasteiger partial charge in [0, 0.05) is 22.5 Å². The molecule has 6 heteroatoms. The minimum atomic E-state index is -0.933. The van der Waals surface area contributed by atoms with Gasteiger partial charge in [-0.2, -0.15) is 0 Å². The topological polar surface area (TPSA) is 57.6 Å². The zero-order valence-corrected chi connectivity index (χ0v) is 13.1. The molecule has 0 unspecified atom stereocenters. The standard InChI is InChI=1S/C15H15NO3S2/c1-2-16(11-6-4-3-5-7-11)14(17)10-20-12-8-13(15(18)19)21-9-12/h3-9H,2,10H2,1H3,(H,18,19). The number of thiophene rings is 1. The number of thioether (sulfide) groups is 1. The third-order valence-electron chi connectivity index (χ3n) is 2.83. The van der Waals surface area contributed by atoms with E-state index in [0.717, 1.165) is 10.6 Å². The van der Waals surface area contributed by atoms with Crippen LogP contribution in [-0.4, -0.2) is 29.3 Å².